The van der Waals surface area contributed by atoms with Crippen molar-refractivity contribution < 1.29 is 23.1 Å². The number of carbonyl (C=O) groups excluding carboxylic acids is 1. The highest BCUT2D eigenvalue weighted by Gasteiger charge is 2.34. The predicted octanol–water partition coefficient (Wildman–Crippen LogP) is 2.55. The lowest BCUT2D eigenvalue weighted by molar-refractivity contribution is -0.137. The summed E-state index contributed by atoms with van der Waals surface area (Å²) in [6.45, 7) is 0.123. The Hall–Kier alpha value is -2.38. The summed E-state index contributed by atoms with van der Waals surface area (Å²) in [4.78, 5) is 12.1. The summed E-state index contributed by atoms with van der Waals surface area (Å²) in [6.07, 6.45) is -3.76. The zero-order valence-corrected chi connectivity index (χ0v) is 14.6. The zero-order valence-electron chi connectivity index (χ0n) is 14.6. The van der Waals surface area contributed by atoms with Crippen molar-refractivity contribution in [1.29, 1.82) is 0 Å². The average molecular weight is 378 g/mol. The highest BCUT2D eigenvalue weighted by atomic mass is 19.4. The maximum absolute atomic E-state index is 13.0. The van der Waals surface area contributed by atoms with Gasteiger partial charge >= 0.3 is 6.18 Å². The quantitative estimate of drug-likeness (QED) is 0.724. The third-order valence-electron chi connectivity index (χ3n) is 4.67. The summed E-state index contributed by atoms with van der Waals surface area (Å²) in [5, 5.41) is 15.7. The molecule has 3 rings (SSSR count). The van der Waals surface area contributed by atoms with E-state index in [9.17, 15) is 23.1 Å². The van der Waals surface area contributed by atoms with Crippen molar-refractivity contribution in [2.45, 2.75) is 31.2 Å². The molecule has 0 radical (unpaired) electrons. The second kappa shape index (κ2) is 8.10. The molecule has 0 aliphatic heterocycles. The first-order chi connectivity index (χ1) is 12.8. The van der Waals surface area contributed by atoms with E-state index in [4.69, 9.17) is 0 Å². The monoisotopic (exact) mass is 378 g/mol. The number of hydrogen-bond acceptors (Lipinski definition) is 3. The minimum absolute atomic E-state index is 0.127. The Balaban J connectivity index is 1.47. The third-order valence-corrected chi connectivity index (χ3v) is 4.67. The molecule has 2 aromatic carbocycles. The summed E-state index contributed by atoms with van der Waals surface area (Å²) in [7, 11) is 0. The first-order valence-electron chi connectivity index (χ1n) is 8.77. The van der Waals surface area contributed by atoms with Gasteiger partial charge in [-0.1, -0.05) is 36.4 Å². The molecule has 1 unspecified atom stereocenters. The van der Waals surface area contributed by atoms with E-state index in [0.717, 1.165) is 25.0 Å². The SMILES string of the molecule is O=C(NCC(O)CNC1Cc2ccccc2C1)c1ccccc1C(F)(F)F. The van der Waals surface area contributed by atoms with Gasteiger partial charge in [-0.05, 0) is 36.1 Å². The van der Waals surface area contributed by atoms with Crippen LogP contribution in [0.15, 0.2) is 48.5 Å². The molecule has 0 bridgehead atoms. The van der Waals surface area contributed by atoms with Gasteiger partial charge in [-0.3, -0.25) is 4.79 Å². The summed E-state index contributed by atoms with van der Waals surface area (Å²) < 4.78 is 38.9. The Bertz CT molecular complexity index is 783. The van der Waals surface area contributed by atoms with Crippen molar-refractivity contribution in [2.24, 2.45) is 0 Å². The van der Waals surface area contributed by atoms with Crippen LogP contribution in [0.5, 0.6) is 0 Å². The molecule has 0 saturated heterocycles. The van der Waals surface area contributed by atoms with Crippen molar-refractivity contribution >= 4 is 5.91 Å². The van der Waals surface area contributed by atoms with Gasteiger partial charge in [0.25, 0.3) is 5.91 Å². The number of fused-ring (bicyclic) bond motifs is 1. The van der Waals surface area contributed by atoms with Crippen LogP contribution >= 0.6 is 0 Å². The zero-order chi connectivity index (χ0) is 19.4. The Labute approximate surface area is 155 Å². The molecule has 0 heterocycles. The molecule has 1 aliphatic rings. The number of halogens is 3. The molecular weight excluding hydrogens is 357 g/mol. The molecule has 0 saturated carbocycles. The van der Waals surface area contributed by atoms with E-state index in [1.54, 1.807) is 0 Å². The van der Waals surface area contributed by atoms with Crippen molar-refractivity contribution in [3.63, 3.8) is 0 Å². The lowest BCUT2D eigenvalue weighted by Gasteiger charge is -2.17. The molecule has 27 heavy (non-hydrogen) atoms. The van der Waals surface area contributed by atoms with Gasteiger partial charge in [-0.25, -0.2) is 0 Å². The van der Waals surface area contributed by atoms with Crippen LogP contribution in [0.4, 0.5) is 13.2 Å². The number of amides is 1. The van der Waals surface area contributed by atoms with Gasteiger partial charge < -0.3 is 15.7 Å². The van der Waals surface area contributed by atoms with E-state index >= 15 is 0 Å². The molecule has 4 nitrogen and oxygen atoms in total. The van der Waals surface area contributed by atoms with E-state index in [2.05, 4.69) is 22.8 Å². The number of alkyl halides is 3. The minimum Gasteiger partial charge on any atom is -0.390 e. The first-order valence-corrected chi connectivity index (χ1v) is 8.77. The highest BCUT2D eigenvalue weighted by molar-refractivity contribution is 5.95. The van der Waals surface area contributed by atoms with E-state index in [1.165, 1.54) is 23.3 Å². The molecular formula is C20H21F3N2O2. The number of carbonyl (C=O) groups is 1. The number of benzene rings is 2. The molecule has 3 N–H and O–H groups in total. The van der Waals surface area contributed by atoms with Crippen LogP contribution in [-0.2, 0) is 19.0 Å². The summed E-state index contributed by atoms with van der Waals surface area (Å²) >= 11 is 0. The van der Waals surface area contributed by atoms with Gasteiger partial charge in [-0.2, -0.15) is 13.2 Å². The molecule has 1 amide bonds. The second-order valence-corrected chi connectivity index (χ2v) is 6.69. The van der Waals surface area contributed by atoms with Crippen molar-refractivity contribution in [3.05, 3.63) is 70.8 Å². The average Bonchev–Trinajstić information content (AvgIpc) is 3.06. The van der Waals surface area contributed by atoms with Crippen molar-refractivity contribution in [3.8, 4) is 0 Å². The fourth-order valence-electron chi connectivity index (χ4n) is 3.31. The summed E-state index contributed by atoms with van der Waals surface area (Å²) in [5.74, 6) is -0.852. The van der Waals surface area contributed by atoms with Gasteiger partial charge in [0.05, 0.1) is 17.2 Å². The maximum atomic E-state index is 13.0. The van der Waals surface area contributed by atoms with E-state index in [-0.39, 0.29) is 19.1 Å². The van der Waals surface area contributed by atoms with Crippen LogP contribution in [0.25, 0.3) is 0 Å². The largest absolute Gasteiger partial charge is 0.417 e. The lowest BCUT2D eigenvalue weighted by atomic mass is 10.1. The van der Waals surface area contributed by atoms with Gasteiger partial charge in [0.15, 0.2) is 0 Å². The number of aliphatic hydroxyl groups excluding tert-OH is 1. The first kappa shape index (κ1) is 19.4. The maximum Gasteiger partial charge on any atom is 0.417 e. The number of aliphatic hydroxyl groups is 1. The molecule has 2 aromatic rings. The molecule has 1 aliphatic carbocycles. The van der Waals surface area contributed by atoms with Crippen LogP contribution in [0.1, 0.15) is 27.0 Å². The Morgan fingerprint density at radius 2 is 1.63 bits per heavy atom. The van der Waals surface area contributed by atoms with Crippen molar-refractivity contribution in [2.75, 3.05) is 13.1 Å². The predicted molar refractivity (Wildman–Crippen MR) is 95.4 cm³/mol. The second-order valence-electron chi connectivity index (χ2n) is 6.69. The van der Waals surface area contributed by atoms with Crippen LogP contribution < -0.4 is 10.6 Å². The Morgan fingerprint density at radius 3 is 2.26 bits per heavy atom. The molecule has 144 valence electrons. The van der Waals surface area contributed by atoms with E-state index < -0.39 is 29.3 Å². The lowest BCUT2D eigenvalue weighted by Crippen LogP contribution is -2.42. The summed E-state index contributed by atoms with van der Waals surface area (Å²) in [5.41, 5.74) is 1.12. The molecule has 7 heteroatoms. The van der Waals surface area contributed by atoms with Crippen LogP contribution in [0.3, 0.4) is 0 Å². The van der Waals surface area contributed by atoms with Crippen LogP contribution in [-0.4, -0.2) is 36.2 Å². The van der Waals surface area contributed by atoms with Crippen molar-refractivity contribution in [1.82, 2.24) is 10.6 Å². The van der Waals surface area contributed by atoms with E-state index in [0.29, 0.717) is 0 Å². The normalized spacial score (nSPS) is 15.4. The molecule has 0 aromatic heterocycles. The topological polar surface area (TPSA) is 61.4 Å². The van der Waals surface area contributed by atoms with Gasteiger partial charge in [0.2, 0.25) is 0 Å². The van der Waals surface area contributed by atoms with Gasteiger partial charge in [0.1, 0.15) is 0 Å². The smallest absolute Gasteiger partial charge is 0.390 e. The van der Waals surface area contributed by atoms with E-state index in [1.807, 2.05) is 12.1 Å². The molecule has 1 atom stereocenters. The highest BCUT2D eigenvalue weighted by Crippen LogP contribution is 2.31. The molecule has 0 spiro atoms. The Kier molecular flexibility index (Phi) is 5.82. The van der Waals surface area contributed by atoms with Crippen LogP contribution in [0, 0.1) is 0 Å². The minimum atomic E-state index is -4.61. The standard InChI is InChI=1S/C20H21F3N2O2/c21-20(22,23)18-8-4-3-7-17(18)19(27)25-12-16(26)11-24-15-9-13-5-1-2-6-14(13)10-15/h1-8,15-16,24,26H,9-12H2,(H,25,27). The fourth-order valence-corrected chi connectivity index (χ4v) is 3.31. The number of rotatable bonds is 6. The number of nitrogens with one attached hydrogen (secondary N) is 2. The Morgan fingerprint density at radius 1 is 1.04 bits per heavy atom. The van der Waals surface area contributed by atoms with Gasteiger partial charge in [0, 0.05) is 19.1 Å². The van der Waals surface area contributed by atoms with Gasteiger partial charge in [-0.15, -0.1) is 0 Å². The molecule has 0 fully saturated rings. The fraction of sp³-hybridized carbons (Fsp3) is 0.350. The number of hydrogen-bond donors (Lipinski definition) is 3. The van der Waals surface area contributed by atoms with Crippen LogP contribution in [0.2, 0.25) is 0 Å². The summed E-state index contributed by atoms with van der Waals surface area (Å²) in [6, 6.07) is 12.9. The third kappa shape index (κ3) is 4.87.